The Bertz CT molecular complexity index is 527. The van der Waals surface area contributed by atoms with Crippen LogP contribution in [0, 0.1) is 0 Å². The van der Waals surface area contributed by atoms with Gasteiger partial charge in [0.2, 0.25) is 0 Å². The Kier molecular flexibility index (Phi) is 4.56. The zero-order chi connectivity index (χ0) is 13.0. The first-order chi connectivity index (χ1) is 8.76. The maximum Gasteiger partial charge on any atom is 0.0348 e. The van der Waals surface area contributed by atoms with Crippen molar-refractivity contribution in [2.75, 3.05) is 7.05 Å². The minimum atomic E-state index is 0.391. The average Bonchev–Trinajstić information content (AvgIpc) is 2.86. The number of nitrogens with one attached hydrogen (secondary N) is 1. The van der Waals surface area contributed by atoms with Crippen LogP contribution in [0.5, 0.6) is 0 Å². The highest BCUT2D eigenvalue weighted by Gasteiger charge is 2.12. The minimum absolute atomic E-state index is 0.391. The molecule has 0 bridgehead atoms. The van der Waals surface area contributed by atoms with Gasteiger partial charge in [0, 0.05) is 10.7 Å². The van der Waals surface area contributed by atoms with Crippen molar-refractivity contribution >= 4 is 27.0 Å². The van der Waals surface area contributed by atoms with Crippen molar-refractivity contribution in [3.8, 4) is 0 Å². The molecule has 2 rings (SSSR count). The third-order valence-corrected chi connectivity index (χ3v) is 4.32. The van der Waals surface area contributed by atoms with Crippen LogP contribution in [0.25, 0.3) is 15.7 Å². The molecule has 0 saturated heterocycles. The van der Waals surface area contributed by atoms with E-state index in [2.05, 4.69) is 48.5 Å². The van der Waals surface area contributed by atoms with Gasteiger partial charge in [-0.3, -0.25) is 0 Å². The second-order valence-electron chi connectivity index (χ2n) is 4.68. The van der Waals surface area contributed by atoms with Gasteiger partial charge in [-0.15, -0.1) is 11.3 Å². The lowest BCUT2D eigenvalue weighted by atomic mass is 9.96. The van der Waals surface area contributed by atoms with Crippen LogP contribution in [0.1, 0.15) is 31.7 Å². The normalized spacial score (nSPS) is 12.8. The third kappa shape index (κ3) is 2.82. The molecular formula is C16H21NS. The summed E-state index contributed by atoms with van der Waals surface area (Å²) in [7, 11) is 2.02. The molecule has 1 atom stereocenters. The number of rotatable bonds is 6. The molecule has 1 heterocycles. The van der Waals surface area contributed by atoms with Crippen molar-refractivity contribution in [1.29, 1.82) is 0 Å². The zero-order valence-electron chi connectivity index (χ0n) is 11.2. The van der Waals surface area contributed by atoms with Gasteiger partial charge in [0.1, 0.15) is 0 Å². The van der Waals surface area contributed by atoms with Gasteiger partial charge in [-0.05, 0) is 47.5 Å². The summed E-state index contributed by atoms with van der Waals surface area (Å²) in [5, 5.41) is 6.85. The molecule has 0 aliphatic rings. The van der Waals surface area contributed by atoms with Crippen molar-refractivity contribution < 1.29 is 0 Å². The van der Waals surface area contributed by atoms with Crippen molar-refractivity contribution in [3.05, 3.63) is 41.8 Å². The first kappa shape index (κ1) is 13.3. The number of unbranched alkanes of at least 4 members (excludes halogenated alkanes) is 1. The Morgan fingerprint density at radius 3 is 2.94 bits per heavy atom. The molecule has 0 aliphatic carbocycles. The Hall–Kier alpha value is -1.12. The third-order valence-electron chi connectivity index (χ3n) is 3.44. The van der Waals surface area contributed by atoms with Crippen LogP contribution in [0.3, 0.4) is 0 Å². The molecule has 96 valence electrons. The number of hydrogen-bond donors (Lipinski definition) is 1. The van der Waals surface area contributed by atoms with E-state index in [0.717, 1.165) is 6.42 Å². The molecule has 1 unspecified atom stereocenters. The van der Waals surface area contributed by atoms with E-state index in [0.29, 0.717) is 6.04 Å². The molecule has 0 aliphatic heterocycles. The highest BCUT2D eigenvalue weighted by atomic mass is 32.1. The molecule has 1 aromatic heterocycles. The van der Waals surface area contributed by atoms with Gasteiger partial charge in [-0.25, -0.2) is 0 Å². The van der Waals surface area contributed by atoms with Crippen molar-refractivity contribution in [2.45, 2.75) is 32.2 Å². The SMILES string of the molecule is C=C(c1ccc2ccsc2c1)C(CCCC)NC. The molecule has 0 saturated carbocycles. The van der Waals surface area contributed by atoms with E-state index in [9.17, 15) is 0 Å². The summed E-state index contributed by atoms with van der Waals surface area (Å²) in [4.78, 5) is 0. The molecular weight excluding hydrogens is 238 g/mol. The Morgan fingerprint density at radius 2 is 2.22 bits per heavy atom. The van der Waals surface area contributed by atoms with Gasteiger partial charge >= 0.3 is 0 Å². The smallest absolute Gasteiger partial charge is 0.0348 e. The summed E-state index contributed by atoms with van der Waals surface area (Å²) in [5.74, 6) is 0. The van der Waals surface area contributed by atoms with Crippen LogP contribution >= 0.6 is 11.3 Å². The first-order valence-corrected chi connectivity index (χ1v) is 7.48. The standard InChI is InChI=1S/C16H21NS/c1-4-5-6-15(17-3)12(2)14-8-7-13-9-10-18-16(13)11-14/h7-11,15,17H,2,4-6H2,1,3H3. The van der Waals surface area contributed by atoms with Gasteiger partial charge < -0.3 is 5.32 Å². The highest BCUT2D eigenvalue weighted by Crippen LogP contribution is 2.27. The molecule has 1 N–H and O–H groups in total. The fraction of sp³-hybridized carbons (Fsp3) is 0.375. The molecule has 0 fully saturated rings. The lowest BCUT2D eigenvalue weighted by molar-refractivity contribution is 0.591. The van der Waals surface area contributed by atoms with E-state index in [1.807, 2.05) is 7.05 Å². The monoisotopic (exact) mass is 259 g/mol. The van der Waals surface area contributed by atoms with Gasteiger partial charge in [-0.1, -0.05) is 38.5 Å². The van der Waals surface area contributed by atoms with E-state index in [1.54, 1.807) is 11.3 Å². The molecule has 1 nitrogen and oxygen atoms in total. The lowest BCUT2D eigenvalue weighted by Crippen LogP contribution is -2.26. The molecule has 18 heavy (non-hydrogen) atoms. The predicted octanol–water partition coefficient (Wildman–Crippen LogP) is 4.69. The maximum absolute atomic E-state index is 4.28. The summed E-state index contributed by atoms with van der Waals surface area (Å²) >= 11 is 1.79. The van der Waals surface area contributed by atoms with E-state index in [1.165, 1.54) is 34.1 Å². The van der Waals surface area contributed by atoms with Gasteiger partial charge in [0.15, 0.2) is 0 Å². The maximum atomic E-state index is 4.28. The van der Waals surface area contributed by atoms with Gasteiger partial charge in [-0.2, -0.15) is 0 Å². The van der Waals surface area contributed by atoms with Crippen molar-refractivity contribution in [3.63, 3.8) is 0 Å². The largest absolute Gasteiger partial charge is 0.313 e. The molecule has 2 heteroatoms. The van der Waals surface area contributed by atoms with Crippen molar-refractivity contribution in [2.24, 2.45) is 0 Å². The number of likely N-dealkylation sites (N-methyl/N-ethyl adjacent to an activating group) is 1. The van der Waals surface area contributed by atoms with Gasteiger partial charge in [0.05, 0.1) is 0 Å². The molecule has 0 amide bonds. The van der Waals surface area contributed by atoms with E-state index < -0.39 is 0 Å². The highest BCUT2D eigenvalue weighted by molar-refractivity contribution is 7.17. The minimum Gasteiger partial charge on any atom is -0.313 e. The molecule has 0 spiro atoms. The second-order valence-corrected chi connectivity index (χ2v) is 5.63. The summed E-state index contributed by atoms with van der Waals surface area (Å²) in [6, 6.07) is 9.20. The number of benzene rings is 1. The van der Waals surface area contributed by atoms with Crippen LogP contribution in [-0.4, -0.2) is 13.1 Å². The zero-order valence-corrected chi connectivity index (χ0v) is 12.0. The fourth-order valence-corrected chi connectivity index (χ4v) is 3.09. The average molecular weight is 259 g/mol. The van der Waals surface area contributed by atoms with Crippen LogP contribution in [0.4, 0.5) is 0 Å². The van der Waals surface area contributed by atoms with E-state index in [-0.39, 0.29) is 0 Å². The summed E-state index contributed by atoms with van der Waals surface area (Å²) < 4.78 is 1.35. The van der Waals surface area contributed by atoms with Crippen LogP contribution in [0.15, 0.2) is 36.2 Å². The summed E-state index contributed by atoms with van der Waals surface area (Å²) in [5.41, 5.74) is 2.47. The lowest BCUT2D eigenvalue weighted by Gasteiger charge is -2.19. The Balaban J connectivity index is 2.20. The molecule has 1 aromatic carbocycles. The predicted molar refractivity (Wildman–Crippen MR) is 83.2 cm³/mol. The van der Waals surface area contributed by atoms with Crippen molar-refractivity contribution in [1.82, 2.24) is 5.32 Å². The summed E-state index contributed by atoms with van der Waals surface area (Å²) in [6.07, 6.45) is 3.63. The Morgan fingerprint density at radius 1 is 1.39 bits per heavy atom. The first-order valence-electron chi connectivity index (χ1n) is 6.60. The molecule has 2 aromatic rings. The van der Waals surface area contributed by atoms with E-state index in [4.69, 9.17) is 0 Å². The second kappa shape index (κ2) is 6.17. The number of thiophene rings is 1. The van der Waals surface area contributed by atoms with Crippen LogP contribution < -0.4 is 5.32 Å². The van der Waals surface area contributed by atoms with Gasteiger partial charge in [0.25, 0.3) is 0 Å². The van der Waals surface area contributed by atoms with Crippen LogP contribution in [-0.2, 0) is 0 Å². The quantitative estimate of drug-likeness (QED) is 0.793. The Labute approximate surface area is 114 Å². The number of fused-ring (bicyclic) bond motifs is 1. The molecule has 0 radical (unpaired) electrons. The van der Waals surface area contributed by atoms with E-state index >= 15 is 0 Å². The van der Waals surface area contributed by atoms with Crippen LogP contribution in [0.2, 0.25) is 0 Å². The summed E-state index contributed by atoms with van der Waals surface area (Å²) in [6.45, 7) is 6.51. The fourth-order valence-electron chi connectivity index (χ4n) is 2.26. The topological polar surface area (TPSA) is 12.0 Å². The number of hydrogen-bond acceptors (Lipinski definition) is 2.